The molecule has 0 N–H and O–H groups in total. The van der Waals surface area contributed by atoms with Crippen LogP contribution in [-0.4, -0.2) is 38.6 Å². The lowest BCUT2D eigenvalue weighted by atomic mass is 9.80. The van der Waals surface area contributed by atoms with Crippen LogP contribution in [0.25, 0.3) is 0 Å². The third-order valence-electron chi connectivity index (χ3n) is 4.63. The summed E-state index contributed by atoms with van der Waals surface area (Å²) in [5.41, 5.74) is 1.81. The molecule has 0 spiro atoms. The second-order valence-corrected chi connectivity index (χ2v) is 7.08. The van der Waals surface area contributed by atoms with Gasteiger partial charge in [0, 0.05) is 24.4 Å². The molecule has 3 rings (SSSR count). The van der Waals surface area contributed by atoms with Crippen molar-refractivity contribution in [3.8, 4) is 5.75 Å². The molecular weight excluding hydrogens is 338 g/mol. The van der Waals surface area contributed by atoms with Crippen molar-refractivity contribution in [2.45, 2.75) is 18.4 Å². The van der Waals surface area contributed by atoms with Gasteiger partial charge in [-0.1, -0.05) is 23.7 Å². The van der Waals surface area contributed by atoms with Crippen molar-refractivity contribution < 1.29 is 14.3 Å². The largest absolute Gasteiger partial charge is 0.497 e. The highest BCUT2D eigenvalue weighted by Gasteiger charge is 2.41. The molecule has 1 aliphatic heterocycles. The molecule has 1 unspecified atom stereocenters. The molecule has 0 fully saturated rings. The zero-order valence-corrected chi connectivity index (χ0v) is 15.5. The van der Waals surface area contributed by atoms with Crippen LogP contribution in [0.1, 0.15) is 27.9 Å². The topological polar surface area (TPSA) is 38.8 Å². The fraction of sp³-hybridized carbons (Fsp3) is 0.350. The first-order chi connectivity index (χ1) is 11.9. The Morgan fingerprint density at radius 1 is 1.20 bits per heavy atom. The molecule has 1 aliphatic rings. The molecule has 0 bridgehead atoms. The van der Waals surface area contributed by atoms with Gasteiger partial charge in [-0.05, 0) is 55.6 Å². The highest BCUT2D eigenvalue weighted by Crippen LogP contribution is 2.40. The van der Waals surface area contributed by atoms with Crippen LogP contribution < -0.4 is 4.74 Å². The Kier molecular flexibility index (Phi) is 5.02. The molecule has 2 aromatic carbocycles. The lowest BCUT2D eigenvalue weighted by Gasteiger charge is -2.39. The predicted molar refractivity (Wildman–Crippen MR) is 98.4 cm³/mol. The zero-order chi connectivity index (χ0) is 18.0. The number of carbonyl (C=O) groups excluding carboxylic acids is 1. The minimum atomic E-state index is -0.703. The van der Waals surface area contributed by atoms with Gasteiger partial charge in [-0.15, -0.1) is 0 Å². The van der Waals surface area contributed by atoms with Gasteiger partial charge in [0.15, 0.2) is 0 Å². The number of esters is 1. The Labute approximate surface area is 153 Å². The Bertz CT molecular complexity index is 773. The Morgan fingerprint density at radius 2 is 1.92 bits per heavy atom. The molecule has 0 saturated heterocycles. The molecule has 0 aliphatic carbocycles. The van der Waals surface area contributed by atoms with E-state index in [9.17, 15) is 4.79 Å². The second kappa shape index (κ2) is 7.06. The summed E-state index contributed by atoms with van der Waals surface area (Å²) in [4.78, 5) is 14.8. The van der Waals surface area contributed by atoms with Crippen molar-refractivity contribution in [3.05, 3.63) is 64.2 Å². The van der Waals surface area contributed by atoms with Crippen LogP contribution in [-0.2, 0) is 16.8 Å². The maximum Gasteiger partial charge on any atom is 0.339 e. The number of hydrogen-bond donors (Lipinski definition) is 0. The maximum absolute atomic E-state index is 12.7. The van der Waals surface area contributed by atoms with Gasteiger partial charge in [0.25, 0.3) is 0 Å². The molecule has 4 nitrogen and oxygen atoms in total. The van der Waals surface area contributed by atoms with Gasteiger partial charge >= 0.3 is 5.97 Å². The number of nitrogens with zero attached hydrogens (tertiary/aromatic N) is 1. The summed E-state index contributed by atoms with van der Waals surface area (Å²) in [7, 11) is 5.65. The van der Waals surface area contributed by atoms with E-state index in [1.165, 1.54) is 0 Å². The first-order valence-corrected chi connectivity index (χ1v) is 8.62. The van der Waals surface area contributed by atoms with E-state index >= 15 is 0 Å². The van der Waals surface area contributed by atoms with Crippen molar-refractivity contribution >= 4 is 17.6 Å². The first-order valence-electron chi connectivity index (χ1n) is 8.24. The Hall–Kier alpha value is -2.04. The Morgan fingerprint density at radius 3 is 2.56 bits per heavy atom. The minimum Gasteiger partial charge on any atom is -0.497 e. The Balaban J connectivity index is 2.05. The van der Waals surface area contributed by atoms with Crippen molar-refractivity contribution in [3.63, 3.8) is 0 Å². The number of halogens is 1. The summed E-state index contributed by atoms with van der Waals surface area (Å²) >= 11 is 6.04. The van der Waals surface area contributed by atoms with Crippen LogP contribution in [0.2, 0.25) is 5.02 Å². The number of methoxy groups -OCH3 is 1. The van der Waals surface area contributed by atoms with Crippen molar-refractivity contribution in [2.24, 2.45) is 0 Å². The summed E-state index contributed by atoms with van der Waals surface area (Å²) in [6.07, 6.45) is 1.31. The van der Waals surface area contributed by atoms with E-state index in [1.807, 2.05) is 44.4 Å². The van der Waals surface area contributed by atoms with E-state index in [-0.39, 0.29) is 5.97 Å². The van der Waals surface area contributed by atoms with Crippen LogP contribution in [0, 0.1) is 0 Å². The predicted octanol–water partition coefficient (Wildman–Crippen LogP) is 3.91. The normalized spacial score (nSPS) is 19.5. The zero-order valence-electron chi connectivity index (χ0n) is 14.7. The number of hydrogen-bond acceptors (Lipinski definition) is 4. The second-order valence-electron chi connectivity index (χ2n) is 6.64. The van der Waals surface area contributed by atoms with Gasteiger partial charge in [-0.2, -0.15) is 0 Å². The summed E-state index contributed by atoms with van der Waals surface area (Å²) in [5, 5.41) is 0.663. The smallest absolute Gasteiger partial charge is 0.339 e. The average molecular weight is 360 g/mol. The summed E-state index contributed by atoms with van der Waals surface area (Å²) in [5.74, 6) is 0.448. The number of rotatable bonds is 5. The van der Waals surface area contributed by atoms with E-state index in [0.29, 0.717) is 23.4 Å². The third kappa shape index (κ3) is 3.65. The third-order valence-corrected chi connectivity index (χ3v) is 4.88. The standard InChI is InChI=1S/C20H22ClNO3/c1-22(2)11-10-20(15-4-6-16(21)7-5-15)13-14-12-17(24-3)8-9-18(14)19(23)25-20/h4-9,12H,10-11,13H2,1-3H3. The van der Waals surface area contributed by atoms with Gasteiger partial charge in [0.2, 0.25) is 0 Å². The fourth-order valence-corrected chi connectivity index (χ4v) is 3.35. The minimum absolute atomic E-state index is 0.294. The van der Waals surface area contributed by atoms with Crippen molar-refractivity contribution in [1.82, 2.24) is 4.90 Å². The summed E-state index contributed by atoms with van der Waals surface area (Å²) in [6, 6.07) is 13.0. The number of ether oxygens (including phenoxy) is 2. The van der Waals surface area contributed by atoms with E-state index < -0.39 is 5.60 Å². The number of benzene rings is 2. The molecule has 5 heteroatoms. The molecule has 0 amide bonds. The highest BCUT2D eigenvalue weighted by molar-refractivity contribution is 6.30. The molecule has 1 atom stereocenters. The van der Waals surface area contributed by atoms with Gasteiger partial charge in [0.1, 0.15) is 11.4 Å². The molecule has 25 heavy (non-hydrogen) atoms. The maximum atomic E-state index is 12.7. The lowest BCUT2D eigenvalue weighted by molar-refractivity contribution is -0.0355. The molecule has 132 valence electrons. The van der Waals surface area contributed by atoms with Crippen LogP contribution >= 0.6 is 11.6 Å². The number of carbonyl (C=O) groups is 1. The molecule has 0 saturated carbocycles. The van der Waals surface area contributed by atoms with Gasteiger partial charge in [-0.25, -0.2) is 4.79 Å². The van der Waals surface area contributed by atoms with Crippen molar-refractivity contribution in [2.75, 3.05) is 27.7 Å². The van der Waals surface area contributed by atoms with Crippen LogP contribution in [0.5, 0.6) is 5.75 Å². The monoisotopic (exact) mass is 359 g/mol. The quantitative estimate of drug-likeness (QED) is 0.759. The molecule has 2 aromatic rings. The van der Waals surface area contributed by atoms with Gasteiger partial charge < -0.3 is 14.4 Å². The van der Waals surface area contributed by atoms with Gasteiger partial charge in [-0.3, -0.25) is 0 Å². The number of cyclic esters (lactones) is 1. The van der Waals surface area contributed by atoms with Crippen LogP contribution in [0.4, 0.5) is 0 Å². The average Bonchev–Trinajstić information content (AvgIpc) is 2.60. The highest BCUT2D eigenvalue weighted by atomic mass is 35.5. The SMILES string of the molecule is COc1ccc2c(c1)CC(CCN(C)C)(c1ccc(Cl)cc1)OC2=O. The molecule has 0 aromatic heterocycles. The summed E-state index contributed by atoms with van der Waals surface area (Å²) in [6.45, 7) is 0.801. The van der Waals surface area contributed by atoms with E-state index in [1.54, 1.807) is 19.2 Å². The fourth-order valence-electron chi connectivity index (χ4n) is 3.22. The van der Waals surface area contributed by atoms with Crippen molar-refractivity contribution in [1.29, 1.82) is 0 Å². The molecule has 1 heterocycles. The number of fused-ring (bicyclic) bond motifs is 1. The van der Waals surface area contributed by atoms with E-state index in [4.69, 9.17) is 21.1 Å². The first kappa shape index (κ1) is 17.8. The van der Waals surface area contributed by atoms with E-state index in [2.05, 4.69) is 4.90 Å². The van der Waals surface area contributed by atoms with Crippen LogP contribution in [0.15, 0.2) is 42.5 Å². The molecule has 0 radical (unpaired) electrons. The molecular formula is C20H22ClNO3. The van der Waals surface area contributed by atoms with Gasteiger partial charge in [0.05, 0.1) is 12.7 Å². The lowest BCUT2D eigenvalue weighted by Crippen LogP contribution is -2.41. The van der Waals surface area contributed by atoms with Crippen LogP contribution in [0.3, 0.4) is 0 Å². The summed E-state index contributed by atoms with van der Waals surface area (Å²) < 4.78 is 11.3. The van der Waals surface area contributed by atoms with E-state index in [0.717, 1.165) is 23.4 Å².